The minimum atomic E-state index is 0. The van der Waals surface area contributed by atoms with E-state index >= 15 is 0 Å². The van der Waals surface area contributed by atoms with Gasteiger partial charge in [0.05, 0.1) is 12.3 Å². The zero-order chi connectivity index (χ0) is 21.5. The van der Waals surface area contributed by atoms with Gasteiger partial charge in [0.2, 0.25) is 0 Å². The van der Waals surface area contributed by atoms with Crippen molar-refractivity contribution >= 4 is 47.3 Å². The molecule has 5 heteroatoms. The van der Waals surface area contributed by atoms with Crippen molar-refractivity contribution in [3.8, 4) is 0 Å². The summed E-state index contributed by atoms with van der Waals surface area (Å²) < 4.78 is 0. The number of hydrogen-bond donors (Lipinski definition) is 1. The number of anilines is 2. The molecule has 0 saturated heterocycles. The molecule has 3 nitrogen and oxygen atoms in total. The Hall–Kier alpha value is -2.69. The monoisotopic (exact) mass is 463 g/mol. The second kappa shape index (κ2) is 11.8. The molecule has 0 aliphatic carbocycles. The van der Waals surface area contributed by atoms with Crippen molar-refractivity contribution in [2.75, 3.05) is 36.5 Å². The first kappa shape index (κ1) is 24.0. The number of likely N-dealkylation sites (N-methyl/N-ethyl adjacent to an activating group) is 1. The average molecular weight is 464 g/mol. The lowest BCUT2D eigenvalue weighted by molar-refractivity contribution is 0.897. The quantitative estimate of drug-likeness (QED) is 0.251. The van der Waals surface area contributed by atoms with Crippen LogP contribution >= 0.6 is 24.2 Å². The predicted molar refractivity (Wildman–Crippen MR) is 144 cm³/mol. The number of aryl methyl sites for hydroxylation is 1. The maximum Gasteiger partial charge on any atom is 0.0668 e. The van der Waals surface area contributed by atoms with Crippen molar-refractivity contribution in [3.63, 3.8) is 0 Å². The van der Waals surface area contributed by atoms with E-state index in [4.69, 9.17) is 10.7 Å². The Morgan fingerprint density at radius 2 is 1.78 bits per heavy atom. The summed E-state index contributed by atoms with van der Waals surface area (Å²) in [6.45, 7) is 1.72. The number of benzodiazepines with no additional fused rings is 1. The van der Waals surface area contributed by atoms with Crippen LogP contribution in [0.15, 0.2) is 88.8 Å². The van der Waals surface area contributed by atoms with Crippen LogP contribution in [-0.2, 0) is 6.42 Å². The molecule has 0 unspecified atom stereocenters. The fraction of sp³-hybridized carbons (Fsp3) is 0.222. The summed E-state index contributed by atoms with van der Waals surface area (Å²) in [5.41, 5.74) is 12.9. The van der Waals surface area contributed by atoms with Crippen LogP contribution in [0.2, 0.25) is 0 Å². The van der Waals surface area contributed by atoms with Crippen LogP contribution in [0, 0.1) is 0 Å². The molecule has 0 atom stereocenters. The maximum atomic E-state index is 6.11. The highest BCUT2D eigenvalue weighted by molar-refractivity contribution is 7.99. The number of para-hydroxylation sites is 1. The molecule has 32 heavy (non-hydrogen) atoms. The number of fused-ring (bicyclic) bond motifs is 1. The number of nitrogens with two attached hydrogens (primary N) is 1. The van der Waals surface area contributed by atoms with E-state index in [0.29, 0.717) is 0 Å². The molecule has 0 radical (unpaired) electrons. The number of hydrogen-bond acceptors (Lipinski definition) is 4. The van der Waals surface area contributed by atoms with Crippen molar-refractivity contribution in [3.05, 3.63) is 95.6 Å². The molecule has 0 saturated carbocycles. The van der Waals surface area contributed by atoms with Gasteiger partial charge in [0.25, 0.3) is 0 Å². The molecule has 2 N–H and O–H groups in total. The van der Waals surface area contributed by atoms with Gasteiger partial charge < -0.3 is 10.6 Å². The molecule has 3 aromatic rings. The largest absolute Gasteiger partial charge is 0.399 e. The van der Waals surface area contributed by atoms with E-state index < -0.39 is 0 Å². The normalized spacial score (nSPS) is 13.3. The molecule has 3 aromatic carbocycles. The summed E-state index contributed by atoms with van der Waals surface area (Å²) >= 11 is 1.90. The number of nitrogens with zero attached hydrogens (tertiary/aromatic N) is 2. The summed E-state index contributed by atoms with van der Waals surface area (Å²) in [4.78, 5) is 8.38. The van der Waals surface area contributed by atoms with Crippen molar-refractivity contribution in [1.82, 2.24) is 0 Å². The molecule has 0 spiro atoms. The SMILES string of the molecule is CN1CCN=C(C=Cc2cc(N)ccc2SCCCc2ccccc2)c2ccccc21.Cl. The van der Waals surface area contributed by atoms with Crippen LogP contribution in [0.25, 0.3) is 6.08 Å². The second-order valence-electron chi connectivity index (χ2n) is 7.77. The summed E-state index contributed by atoms with van der Waals surface area (Å²) in [5.74, 6) is 1.08. The highest BCUT2D eigenvalue weighted by Gasteiger charge is 2.13. The average Bonchev–Trinajstić information content (AvgIpc) is 2.96. The van der Waals surface area contributed by atoms with Crippen molar-refractivity contribution in [2.24, 2.45) is 4.99 Å². The highest BCUT2D eigenvalue weighted by atomic mass is 35.5. The lowest BCUT2D eigenvalue weighted by Gasteiger charge is -2.18. The molecule has 1 aliphatic rings. The van der Waals surface area contributed by atoms with Gasteiger partial charge in [-0.25, -0.2) is 0 Å². The van der Waals surface area contributed by atoms with Gasteiger partial charge in [-0.05, 0) is 60.1 Å². The van der Waals surface area contributed by atoms with Crippen LogP contribution in [0.4, 0.5) is 11.4 Å². The number of allylic oxidation sites excluding steroid dienone is 1. The number of benzene rings is 3. The van der Waals surface area contributed by atoms with E-state index in [1.807, 2.05) is 17.8 Å². The molecule has 1 heterocycles. The van der Waals surface area contributed by atoms with E-state index in [2.05, 4.69) is 90.8 Å². The third kappa shape index (κ3) is 6.18. The van der Waals surface area contributed by atoms with E-state index in [0.717, 1.165) is 48.6 Å². The van der Waals surface area contributed by atoms with Gasteiger partial charge in [-0.1, -0.05) is 54.6 Å². The summed E-state index contributed by atoms with van der Waals surface area (Å²) in [5, 5.41) is 0. The first-order valence-corrected chi connectivity index (χ1v) is 11.8. The van der Waals surface area contributed by atoms with Gasteiger partial charge in [-0.3, -0.25) is 4.99 Å². The van der Waals surface area contributed by atoms with Crippen LogP contribution in [0.5, 0.6) is 0 Å². The predicted octanol–water partition coefficient (Wildman–Crippen LogP) is 6.37. The van der Waals surface area contributed by atoms with Gasteiger partial charge in [-0.15, -0.1) is 24.2 Å². The van der Waals surface area contributed by atoms with Gasteiger partial charge in [0.1, 0.15) is 0 Å². The molecule has 0 amide bonds. The molecular weight excluding hydrogens is 434 g/mol. The third-order valence-electron chi connectivity index (χ3n) is 5.47. The second-order valence-corrected chi connectivity index (χ2v) is 8.91. The number of halogens is 1. The van der Waals surface area contributed by atoms with E-state index in [9.17, 15) is 0 Å². The van der Waals surface area contributed by atoms with Gasteiger partial charge >= 0.3 is 0 Å². The maximum absolute atomic E-state index is 6.11. The summed E-state index contributed by atoms with van der Waals surface area (Å²) in [7, 11) is 2.13. The van der Waals surface area contributed by atoms with Gasteiger partial charge in [0.15, 0.2) is 0 Å². The molecule has 0 aromatic heterocycles. The Morgan fingerprint density at radius 1 is 1.00 bits per heavy atom. The van der Waals surface area contributed by atoms with E-state index in [1.165, 1.54) is 21.7 Å². The molecule has 0 bridgehead atoms. The van der Waals surface area contributed by atoms with Crippen molar-refractivity contribution < 1.29 is 0 Å². The summed E-state index contributed by atoms with van der Waals surface area (Å²) in [6, 6.07) is 25.4. The number of rotatable bonds is 7. The lowest BCUT2D eigenvalue weighted by atomic mass is 10.1. The van der Waals surface area contributed by atoms with Crippen molar-refractivity contribution in [1.29, 1.82) is 0 Å². The van der Waals surface area contributed by atoms with Gasteiger partial charge in [0, 0.05) is 35.4 Å². The van der Waals surface area contributed by atoms with E-state index in [1.54, 1.807) is 0 Å². The van der Waals surface area contributed by atoms with Crippen LogP contribution in [0.3, 0.4) is 0 Å². The smallest absolute Gasteiger partial charge is 0.0668 e. The minimum Gasteiger partial charge on any atom is -0.399 e. The Bertz CT molecular complexity index is 1080. The minimum absolute atomic E-state index is 0. The fourth-order valence-corrected chi connectivity index (χ4v) is 4.76. The zero-order valence-electron chi connectivity index (χ0n) is 18.4. The molecular formula is C27H30ClN3S. The topological polar surface area (TPSA) is 41.6 Å². The van der Waals surface area contributed by atoms with Gasteiger partial charge in [-0.2, -0.15) is 0 Å². The Morgan fingerprint density at radius 3 is 2.62 bits per heavy atom. The summed E-state index contributed by atoms with van der Waals surface area (Å²) in [6.07, 6.45) is 6.56. The van der Waals surface area contributed by atoms with Crippen LogP contribution < -0.4 is 10.6 Å². The third-order valence-corrected chi connectivity index (χ3v) is 6.65. The van der Waals surface area contributed by atoms with E-state index in [-0.39, 0.29) is 12.4 Å². The van der Waals surface area contributed by atoms with Crippen molar-refractivity contribution in [2.45, 2.75) is 17.7 Å². The highest BCUT2D eigenvalue weighted by Crippen LogP contribution is 2.28. The fourth-order valence-electron chi connectivity index (χ4n) is 3.79. The number of nitrogen functional groups attached to an aromatic ring is 1. The first-order valence-electron chi connectivity index (χ1n) is 10.8. The Kier molecular flexibility index (Phi) is 8.83. The standard InChI is InChI=1S/C27H29N3S.ClH/c1-30-18-17-29-25(24-11-5-6-12-26(24)30)15-13-22-20-23(28)14-16-27(22)31-19-7-10-21-8-3-2-4-9-21;/h2-6,8-9,11-16,20H,7,10,17-19,28H2,1H3;1H. The molecule has 1 aliphatic heterocycles. The zero-order valence-corrected chi connectivity index (χ0v) is 20.0. The lowest BCUT2D eigenvalue weighted by Crippen LogP contribution is -2.20. The van der Waals surface area contributed by atoms with Crippen LogP contribution in [0.1, 0.15) is 23.1 Å². The molecule has 166 valence electrons. The Labute approximate surface area is 201 Å². The molecule has 4 rings (SSSR count). The van der Waals surface area contributed by atoms with Crippen LogP contribution in [-0.4, -0.2) is 31.6 Å². The Balaban J connectivity index is 0.00000289. The molecule has 0 fully saturated rings. The first-order chi connectivity index (χ1) is 15.2. The number of thioether (sulfide) groups is 1. The number of aliphatic imine (C=N–C) groups is 1.